The first-order valence-corrected chi connectivity index (χ1v) is 14.0. The highest BCUT2D eigenvalue weighted by Gasteiger charge is 2.72. The third kappa shape index (κ3) is 3.15. The summed E-state index contributed by atoms with van der Waals surface area (Å²) in [5.74, 6) is -0.769. The monoisotopic (exact) mass is 531 g/mol. The quantitative estimate of drug-likeness (QED) is 0.218. The number of Topliss-reactive ketones (excluding diaryl/α,β-unsaturated/α-hetero) is 3. The molecule has 1 fully saturated rings. The summed E-state index contributed by atoms with van der Waals surface area (Å²) >= 11 is 1.37. The van der Waals surface area contributed by atoms with E-state index in [4.69, 9.17) is 4.74 Å². The Kier molecular flexibility index (Phi) is 5.42. The third-order valence-electron chi connectivity index (χ3n) is 8.30. The molecule has 4 aromatic rings. The van der Waals surface area contributed by atoms with Crippen LogP contribution in [0.3, 0.4) is 0 Å². The van der Waals surface area contributed by atoms with Crippen LogP contribution in [0.1, 0.15) is 54.4 Å². The van der Waals surface area contributed by atoms with Crippen LogP contribution in [0, 0.1) is 5.41 Å². The Bertz CT molecular complexity index is 1640. The van der Waals surface area contributed by atoms with Gasteiger partial charge in [-0.2, -0.15) is 0 Å². The van der Waals surface area contributed by atoms with Crippen LogP contribution in [0.25, 0.3) is 6.08 Å². The van der Waals surface area contributed by atoms with E-state index in [1.54, 1.807) is 24.3 Å². The van der Waals surface area contributed by atoms with Crippen LogP contribution < -0.4 is 9.64 Å². The van der Waals surface area contributed by atoms with E-state index in [9.17, 15) is 14.4 Å². The van der Waals surface area contributed by atoms with Gasteiger partial charge in [0.25, 0.3) is 0 Å². The number of hydrogen-bond donors (Lipinski definition) is 0. The molecule has 3 heterocycles. The number of ketones is 3. The SMILES string of the molecule is CCOc1ccccc1[C@@H]1[C@@H](C(=O)c2cccs2)N2c3ccccc3C=C[C@H]2C12C(=O)c1ccccc1C2=O. The number of carbonyl (C=O) groups excluding carboxylic acids is 3. The van der Waals surface area contributed by atoms with Gasteiger partial charge in [-0.15, -0.1) is 11.3 Å². The summed E-state index contributed by atoms with van der Waals surface area (Å²) in [5, 5.41) is 1.88. The molecule has 3 aromatic carbocycles. The Labute approximate surface area is 230 Å². The zero-order chi connectivity index (χ0) is 26.7. The van der Waals surface area contributed by atoms with Crippen LogP contribution >= 0.6 is 11.3 Å². The molecule has 2 aliphatic heterocycles. The van der Waals surface area contributed by atoms with E-state index in [0.717, 1.165) is 11.3 Å². The van der Waals surface area contributed by atoms with E-state index < -0.39 is 23.4 Å². The first-order chi connectivity index (χ1) is 19.1. The molecule has 5 nitrogen and oxygen atoms in total. The Hall–Kier alpha value is -4.29. The van der Waals surface area contributed by atoms with Gasteiger partial charge in [0.2, 0.25) is 0 Å². The smallest absolute Gasteiger partial charge is 0.195 e. The Morgan fingerprint density at radius 2 is 1.59 bits per heavy atom. The topological polar surface area (TPSA) is 63.7 Å². The molecule has 3 atom stereocenters. The van der Waals surface area contributed by atoms with E-state index in [0.29, 0.717) is 33.9 Å². The number of carbonyl (C=O) groups is 3. The largest absolute Gasteiger partial charge is 0.494 e. The minimum absolute atomic E-state index is 0.107. The second kappa shape index (κ2) is 8.89. The van der Waals surface area contributed by atoms with E-state index in [1.807, 2.05) is 90.0 Å². The molecule has 6 heteroatoms. The molecule has 0 bridgehead atoms. The van der Waals surface area contributed by atoms with Gasteiger partial charge in [-0.3, -0.25) is 14.4 Å². The van der Waals surface area contributed by atoms with Gasteiger partial charge < -0.3 is 9.64 Å². The third-order valence-corrected chi connectivity index (χ3v) is 9.18. The fourth-order valence-electron chi connectivity index (χ4n) is 6.85. The molecule has 39 heavy (non-hydrogen) atoms. The van der Waals surface area contributed by atoms with Gasteiger partial charge in [-0.05, 0) is 36.1 Å². The molecule has 1 saturated heterocycles. The van der Waals surface area contributed by atoms with E-state index in [-0.39, 0.29) is 17.3 Å². The van der Waals surface area contributed by atoms with Crippen LogP contribution in [0.4, 0.5) is 5.69 Å². The predicted octanol–water partition coefficient (Wildman–Crippen LogP) is 6.46. The van der Waals surface area contributed by atoms with Crippen molar-refractivity contribution >= 4 is 40.4 Å². The molecule has 1 aromatic heterocycles. The van der Waals surface area contributed by atoms with Crippen LogP contribution in [0.2, 0.25) is 0 Å². The van der Waals surface area contributed by atoms with Crippen molar-refractivity contribution in [2.45, 2.75) is 24.9 Å². The van der Waals surface area contributed by atoms with Crippen LogP contribution in [-0.2, 0) is 0 Å². The molecule has 7 rings (SSSR count). The van der Waals surface area contributed by atoms with Gasteiger partial charge in [0.15, 0.2) is 17.3 Å². The summed E-state index contributed by atoms with van der Waals surface area (Å²) in [6, 6.07) is 24.7. The molecule has 192 valence electrons. The number of fused-ring (bicyclic) bond motifs is 5. The molecule has 0 amide bonds. The van der Waals surface area contributed by atoms with Crippen molar-refractivity contribution in [3.63, 3.8) is 0 Å². The molecule has 1 aliphatic carbocycles. The predicted molar refractivity (Wildman–Crippen MR) is 152 cm³/mol. The Morgan fingerprint density at radius 3 is 2.31 bits per heavy atom. The lowest BCUT2D eigenvalue weighted by atomic mass is 9.64. The molecule has 0 N–H and O–H groups in total. The van der Waals surface area contributed by atoms with Crippen molar-refractivity contribution < 1.29 is 19.1 Å². The molecule has 3 aliphatic rings. The number of rotatable bonds is 5. The number of hydrogen-bond acceptors (Lipinski definition) is 6. The summed E-state index contributed by atoms with van der Waals surface area (Å²) in [7, 11) is 0. The number of nitrogens with zero attached hydrogens (tertiary/aromatic N) is 1. The molecule has 0 radical (unpaired) electrons. The van der Waals surface area contributed by atoms with Gasteiger partial charge in [0.1, 0.15) is 17.2 Å². The van der Waals surface area contributed by atoms with E-state index >= 15 is 0 Å². The number of anilines is 1. The highest BCUT2D eigenvalue weighted by atomic mass is 32.1. The molecule has 0 saturated carbocycles. The summed E-state index contributed by atoms with van der Waals surface area (Å²) in [6.45, 7) is 2.32. The lowest BCUT2D eigenvalue weighted by molar-refractivity contribution is 0.0664. The van der Waals surface area contributed by atoms with Crippen molar-refractivity contribution in [3.8, 4) is 5.75 Å². The first kappa shape index (κ1) is 23.8. The molecular formula is C33H25NO4S. The van der Waals surface area contributed by atoms with Gasteiger partial charge >= 0.3 is 0 Å². The average Bonchev–Trinajstić information content (AvgIpc) is 3.67. The van der Waals surface area contributed by atoms with Crippen LogP contribution in [0.15, 0.2) is 96.4 Å². The molecular weight excluding hydrogens is 506 g/mol. The van der Waals surface area contributed by atoms with Crippen LogP contribution in [-0.4, -0.2) is 36.0 Å². The first-order valence-electron chi connectivity index (χ1n) is 13.1. The number of para-hydroxylation sites is 2. The molecule has 0 unspecified atom stereocenters. The normalized spacial score (nSPS) is 22.1. The maximum absolute atomic E-state index is 14.7. The van der Waals surface area contributed by atoms with Crippen molar-refractivity contribution in [1.82, 2.24) is 0 Å². The summed E-state index contributed by atoms with van der Waals surface area (Å²) < 4.78 is 6.07. The van der Waals surface area contributed by atoms with E-state index in [2.05, 4.69) is 0 Å². The standard InChI is InChI=1S/C33H25NO4S/c1-2-38-25-15-8-6-13-23(25)28-29(30(35)26-16-9-19-39-26)34-24-14-7-3-10-20(24)17-18-27(34)33(28)31(36)21-11-4-5-12-22(21)32(33)37/h3-19,27-29H,2H2,1H3/t27-,28+,29-/m0/s1. The van der Waals surface area contributed by atoms with E-state index in [1.165, 1.54) is 11.3 Å². The second-order valence-electron chi connectivity index (χ2n) is 10.1. The zero-order valence-corrected chi connectivity index (χ0v) is 22.1. The summed E-state index contributed by atoms with van der Waals surface area (Å²) in [5.41, 5.74) is 1.78. The highest BCUT2D eigenvalue weighted by molar-refractivity contribution is 7.12. The van der Waals surface area contributed by atoms with Gasteiger partial charge in [-0.25, -0.2) is 0 Å². The fourth-order valence-corrected chi connectivity index (χ4v) is 7.55. The average molecular weight is 532 g/mol. The number of ether oxygens (including phenoxy) is 1. The Balaban J connectivity index is 1.57. The Morgan fingerprint density at radius 1 is 0.897 bits per heavy atom. The van der Waals surface area contributed by atoms with Crippen molar-refractivity contribution in [3.05, 3.63) is 124 Å². The van der Waals surface area contributed by atoms with Crippen molar-refractivity contribution in [2.75, 3.05) is 11.5 Å². The summed E-state index contributed by atoms with van der Waals surface area (Å²) in [6.07, 6.45) is 3.92. The van der Waals surface area contributed by atoms with Gasteiger partial charge in [0, 0.05) is 28.3 Å². The van der Waals surface area contributed by atoms with Crippen molar-refractivity contribution in [2.24, 2.45) is 5.41 Å². The highest BCUT2D eigenvalue weighted by Crippen LogP contribution is 2.62. The maximum Gasteiger partial charge on any atom is 0.195 e. The second-order valence-corrected chi connectivity index (χ2v) is 11.0. The lowest BCUT2D eigenvalue weighted by Gasteiger charge is -2.37. The lowest BCUT2D eigenvalue weighted by Crippen LogP contribution is -2.48. The minimum atomic E-state index is -1.53. The zero-order valence-electron chi connectivity index (χ0n) is 21.2. The van der Waals surface area contributed by atoms with Gasteiger partial charge in [0.05, 0.1) is 17.5 Å². The number of thiophene rings is 1. The number of benzene rings is 3. The minimum Gasteiger partial charge on any atom is -0.494 e. The van der Waals surface area contributed by atoms with Gasteiger partial charge in [-0.1, -0.05) is 78.9 Å². The summed E-state index contributed by atoms with van der Waals surface area (Å²) in [4.78, 5) is 46.5. The fraction of sp³-hybridized carbons (Fsp3) is 0.182. The maximum atomic E-state index is 14.7. The van der Waals surface area contributed by atoms with Crippen molar-refractivity contribution in [1.29, 1.82) is 0 Å². The molecule has 1 spiro atoms. The van der Waals surface area contributed by atoms with Crippen LogP contribution in [0.5, 0.6) is 5.75 Å².